The van der Waals surface area contributed by atoms with E-state index in [9.17, 15) is 4.79 Å². The number of halogens is 1. The minimum absolute atomic E-state index is 0.0419. The summed E-state index contributed by atoms with van der Waals surface area (Å²) in [6, 6.07) is 10.8. The smallest absolute Gasteiger partial charge is 0.271 e. The van der Waals surface area contributed by atoms with Crippen molar-refractivity contribution in [3.63, 3.8) is 0 Å². The molecule has 1 amide bonds. The molecule has 0 unspecified atom stereocenters. The Morgan fingerprint density at radius 1 is 1.17 bits per heavy atom. The number of benzene rings is 2. The molecule has 29 heavy (non-hydrogen) atoms. The number of nitrogens with zero attached hydrogens (tertiary/aromatic N) is 1. The van der Waals surface area contributed by atoms with Gasteiger partial charge in [-0.3, -0.25) is 4.79 Å². The Balaban J connectivity index is 2.06. The first kappa shape index (κ1) is 23.0. The fourth-order valence-electron chi connectivity index (χ4n) is 2.43. The second kappa shape index (κ2) is 11.6. The first-order chi connectivity index (χ1) is 13.9. The van der Waals surface area contributed by atoms with Crippen LogP contribution in [0.1, 0.15) is 50.0 Å². The van der Waals surface area contributed by atoms with Crippen LogP contribution in [0.15, 0.2) is 41.5 Å². The maximum Gasteiger partial charge on any atom is 0.271 e. The standard InChI is InChI=1S/C22H27IN2O4/c1-5-11-28-18-9-7-17(8-10-18)22(26)25-24-14-16-12-19(23)21(29-15(3)4)20(13-16)27-6-2/h7-10,12-15H,5-6,11H2,1-4H3,(H,25,26)/b24-14-. The van der Waals surface area contributed by atoms with Crippen LogP contribution in [0.25, 0.3) is 0 Å². The van der Waals surface area contributed by atoms with E-state index in [0.29, 0.717) is 30.3 Å². The van der Waals surface area contributed by atoms with E-state index in [-0.39, 0.29) is 12.0 Å². The van der Waals surface area contributed by atoms with Crippen molar-refractivity contribution < 1.29 is 19.0 Å². The lowest BCUT2D eigenvalue weighted by atomic mass is 10.2. The molecule has 0 bridgehead atoms. The third kappa shape index (κ3) is 7.23. The molecule has 0 heterocycles. The summed E-state index contributed by atoms with van der Waals surface area (Å²) in [5.41, 5.74) is 3.86. The number of hydrogen-bond acceptors (Lipinski definition) is 5. The van der Waals surface area contributed by atoms with Gasteiger partial charge < -0.3 is 14.2 Å². The number of amides is 1. The van der Waals surface area contributed by atoms with Gasteiger partial charge in [-0.15, -0.1) is 0 Å². The molecule has 156 valence electrons. The molecular weight excluding hydrogens is 483 g/mol. The number of hydrazone groups is 1. The summed E-state index contributed by atoms with van der Waals surface area (Å²) in [7, 11) is 0. The third-order valence-electron chi connectivity index (χ3n) is 3.65. The van der Waals surface area contributed by atoms with Crippen LogP contribution in [0.5, 0.6) is 17.2 Å². The summed E-state index contributed by atoms with van der Waals surface area (Å²) in [6.07, 6.45) is 2.56. The monoisotopic (exact) mass is 510 g/mol. The maximum atomic E-state index is 12.3. The van der Waals surface area contributed by atoms with Gasteiger partial charge in [0.1, 0.15) is 5.75 Å². The third-order valence-corrected chi connectivity index (χ3v) is 4.46. The largest absolute Gasteiger partial charge is 0.494 e. The molecule has 0 spiro atoms. The zero-order valence-electron chi connectivity index (χ0n) is 17.2. The van der Waals surface area contributed by atoms with Crippen LogP contribution in [-0.2, 0) is 0 Å². The van der Waals surface area contributed by atoms with Crippen molar-refractivity contribution in [3.8, 4) is 17.2 Å². The predicted molar refractivity (Wildman–Crippen MR) is 123 cm³/mol. The zero-order valence-corrected chi connectivity index (χ0v) is 19.4. The first-order valence-corrected chi connectivity index (χ1v) is 10.7. The van der Waals surface area contributed by atoms with E-state index in [2.05, 4.69) is 33.1 Å². The second-order valence-corrected chi connectivity index (χ2v) is 7.66. The first-order valence-electron chi connectivity index (χ1n) is 9.63. The van der Waals surface area contributed by atoms with Crippen LogP contribution < -0.4 is 19.6 Å². The molecule has 6 nitrogen and oxygen atoms in total. The molecular formula is C22H27IN2O4. The van der Waals surface area contributed by atoms with Crippen molar-refractivity contribution in [2.45, 2.75) is 40.2 Å². The minimum atomic E-state index is -0.289. The summed E-state index contributed by atoms with van der Waals surface area (Å²) in [4.78, 5) is 12.3. The van der Waals surface area contributed by atoms with E-state index in [1.54, 1.807) is 30.5 Å². The molecule has 7 heteroatoms. The molecule has 0 saturated carbocycles. The van der Waals surface area contributed by atoms with Gasteiger partial charge in [-0.1, -0.05) is 6.92 Å². The van der Waals surface area contributed by atoms with Crippen LogP contribution in [0, 0.1) is 3.57 Å². The van der Waals surface area contributed by atoms with Crippen molar-refractivity contribution in [1.82, 2.24) is 5.43 Å². The highest BCUT2D eigenvalue weighted by atomic mass is 127. The quantitative estimate of drug-likeness (QED) is 0.277. The summed E-state index contributed by atoms with van der Waals surface area (Å²) in [6.45, 7) is 9.09. The highest BCUT2D eigenvalue weighted by Gasteiger charge is 2.13. The molecule has 0 saturated heterocycles. The van der Waals surface area contributed by atoms with Crippen molar-refractivity contribution in [2.75, 3.05) is 13.2 Å². The highest BCUT2D eigenvalue weighted by molar-refractivity contribution is 14.1. The van der Waals surface area contributed by atoms with Crippen molar-refractivity contribution in [3.05, 3.63) is 51.1 Å². The van der Waals surface area contributed by atoms with Gasteiger partial charge >= 0.3 is 0 Å². The fourth-order valence-corrected chi connectivity index (χ4v) is 3.18. The Bertz CT molecular complexity index is 835. The number of nitrogens with one attached hydrogen (secondary N) is 1. The normalized spacial score (nSPS) is 11.0. The van der Waals surface area contributed by atoms with Crippen LogP contribution in [0.3, 0.4) is 0 Å². The van der Waals surface area contributed by atoms with E-state index in [4.69, 9.17) is 14.2 Å². The van der Waals surface area contributed by atoms with E-state index in [1.165, 1.54) is 0 Å². The Morgan fingerprint density at radius 3 is 2.52 bits per heavy atom. The van der Waals surface area contributed by atoms with Gasteiger partial charge in [0.15, 0.2) is 11.5 Å². The Labute approximate surface area is 185 Å². The second-order valence-electron chi connectivity index (χ2n) is 6.50. The molecule has 0 fully saturated rings. The maximum absolute atomic E-state index is 12.3. The molecule has 0 aromatic heterocycles. The van der Waals surface area contributed by atoms with E-state index < -0.39 is 0 Å². The molecule has 0 atom stereocenters. The number of rotatable bonds is 10. The van der Waals surface area contributed by atoms with Crippen molar-refractivity contribution in [1.29, 1.82) is 0 Å². The van der Waals surface area contributed by atoms with Crippen LogP contribution in [-0.4, -0.2) is 31.4 Å². The lowest BCUT2D eigenvalue weighted by molar-refractivity contribution is 0.0955. The average molecular weight is 510 g/mol. The van der Waals surface area contributed by atoms with Gasteiger partial charge in [-0.2, -0.15) is 5.10 Å². The molecule has 0 aliphatic heterocycles. The number of ether oxygens (including phenoxy) is 3. The van der Waals surface area contributed by atoms with Gasteiger partial charge in [0.05, 0.1) is 29.1 Å². The Kier molecular flexibility index (Phi) is 9.24. The summed E-state index contributed by atoms with van der Waals surface area (Å²) < 4.78 is 18.0. The number of hydrogen-bond donors (Lipinski definition) is 1. The molecule has 0 aliphatic rings. The van der Waals surface area contributed by atoms with Crippen LogP contribution in [0.4, 0.5) is 0 Å². The highest BCUT2D eigenvalue weighted by Crippen LogP contribution is 2.34. The van der Waals surface area contributed by atoms with E-state index in [0.717, 1.165) is 21.3 Å². The average Bonchev–Trinajstić information content (AvgIpc) is 2.69. The van der Waals surface area contributed by atoms with Gasteiger partial charge in [-0.05, 0) is 91.7 Å². The lowest BCUT2D eigenvalue weighted by Gasteiger charge is -2.16. The summed E-state index contributed by atoms with van der Waals surface area (Å²) in [5, 5.41) is 4.07. The molecule has 2 aromatic carbocycles. The van der Waals surface area contributed by atoms with Crippen molar-refractivity contribution >= 4 is 34.7 Å². The minimum Gasteiger partial charge on any atom is -0.494 e. The van der Waals surface area contributed by atoms with Crippen LogP contribution in [0.2, 0.25) is 0 Å². The molecule has 2 aromatic rings. The van der Waals surface area contributed by atoms with Crippen LogP contribution >= 0.6 is 22.6 Å². The Morgan fingerprint density at radius 2 is 1.90 bits per heavy atom. The zero-order chi connectivity index (χ0) is 21.2. The fraction of sp³-hybridized carbons (Fsp3) is 0.364. The number of carbonyl (C=O) groups is 1. The van der Waals surface area contributed by atoms with Crippen molar-refractivity contribution in [2.24, 2.45) is 5.10 Å². The molecule has 0 radical (unpaired) electrons. The Hall–Kier alpha value is -2.29. The van der Waals surface area contributed by atoms with Gasteiger partial charge in [-0.25, -0.2) is 5.43 Å². The summed E-state index contributed by atoms with van der Waals surface area (Å²) >= 11 is 2.21. The molecule has 2 rings (SSSR count). The van der Waals surface area contributed by atoms with E-state index >= 15 is 0 Å². The molecule has 0 aliphatic carbocycles. The summed E-state index contributed by atoms with van der Waals surface area (Å²) in [5.74, 6) is 1.83. The predicted octanol–water partition coefficient (Wildman–Crippen LogP) is 5.03. The number of carbonyl (C=O) groups excluding carboxylic acids is 1. The lowest BCUT2D eigenvalue weighted by Crippen LogP contribution is -2.17. The SMILES string of the molecule is CCCOc1ccc(C(=O)N/N=C\c2cc(I)c(OC(C)C)c(OCC)c2)cc1. The topological polar surface area (TPSA) is 69.2 Å². The van der Waals surface area contributed by atoms with Gasteiger partial charge in [0, 0.05) is 5.56 Å². The van der Waals surface area contributed by atoms with Gasteiger partial charge in [0.25, 0.3) is 5.91 Å². The molecule has 1 N–H and O–H groups in total. The van der Waals surface area contributed by atoms with E-state index in [1.807, 2.05) is 39.8 Å². The van der Waals surface area contributed by atoms with Gasteiger partial charge in [0.2, 0.25) is 0 Å².